The van der Waals surface area contributed by atoms with Gasteiger partial charge in [0.1, 0.15) is 5.75 Å². The molecule has 2 fully saturated rings. The Morgan fingerprint density at radius 3 is 2.59 bits per heavy atom. The van der Waals surface area contributed by atoms with Crippen molar-refractivity contribution < 1.29 is 23.9 Å². The molecule has 146 valence electrons. The summed E-state index contributed by atoms with van der Waals surface area (Å²) in [5.74, 6) is 0.100. The van der Waals surface area contributed by atoms with Crippen LogP contribution in [0.3, 0.4) is 0 Å². The highest BCUT2D eigenvalue weighted by Gasteiger charge is 2.29. The van der Waals surface area contributed by atoms with E-state index in [1.807, 2.05) is 12.1 Å². The van der Waals surface area contributed by atoms with Gasteiger partial charge in [0.15, 0.2) is 6.61 Å². The fourth-order valence-corrected chi connectivity index (χ4v) is 3.54. The number of esters is 1. The third-order valence-corrected chi connectivity index (χ3v) is 4.98. The summed E-state index contributed by atoms with van der Waals surface area (Å²) in [5.41, 5.74) is 0.851. The van der Waals surface area contributed by atoms with E-state index in [0.717, 1.165) is 31.5 Å². The summed E-state index contributed by atoms with van der Waals surface area (Å²) in [7, 11) is 0. The van der Waals surface area contributed by atoms with Gasteiger partial charge in [-0.3, -0.25) is 14.4 Å². The molecule has 2 aliphatic heterocycles. The van der Waals surface area contributed by atoms with E-state index in [-0.39, 0.29) is 30.3 Å². The van der Waals surface area contributed by atoms with E-state index in [2.05, 4.69) is 0 Å². The van der Waals surface area contributed by atoms with Crippen LogP contribution >= 0.6 is 0 Å². The van der Waals surface area contributed by atoms with Gasteiger partial charge in [-0.25, -0.2) is 0 Å². The Labute approximate surface area is 159 Å². The molecule has 0 radical (unpaired) electrons. The van der Waals surface area contributed by atoms with E-state index in [1.165, 1.54) is 0 Å². The summed E-state index contributed by atoms with van der Waals surface area (Å²) >= 11 is 0. The first-order valence-electron chi connectivity index (χ1n) is 9.56. The van der Waals surface area contributed by atoms with Gasteiger partial charge in [0.2, 0.25) is 5.91 Å². The topological polar surface area (TPSA) is 76.2 Å². The summed E-state index contributed by atoms with van der Waals surface area (Å²) < 4.78 is 10.7. The third kappa shape index (κ3) is 4.78. The Morgan fingerprint density at radius 2 is 1.93 bits per heavy atom. The SMILES string of the molecule is CCOC(=O)C1CCCN(C(=O)COc2ccc(N3CCCC3=O)cc2)C1. The first-order valence-corrected chi connectivity index (χ1v) is 9.56. The van der Waals surface area contributed by atoms with Crippen molar-refractivity contribution in [3.8, 4) is 5.75 Å². The van der Waals surface area contributed by atoms with Crippen LogP contribution in [-0.2, 0) is 19.1 Å². The van der Waals surface area contributed by atoms with Gasteiger partial charge >= 0.3 is 5.97 Å². The number of benzene rings is 1. The monoisotopic (exact) mass is 374 g/mol. The number of ether oxygens (including phenoxy) is 2. The lowest BCUT2D eigenvalue weighted by molar-refractivity contribution is -0.151. The van der Waals surface area contributed by atoms with Gasteiger partial charge in [-0.15, -0.1) is 0 Å². The highest BCUT2D eigenvalue weighted by atomic mass is 16.5. The number of piperidine rings is 1. The molecule has 2 heterocycles. The van der Waals surface area contributed by atoms with Crippen LogP contribution in [0, 0.1) is 5.92 Å². The van der Waals surface area contributed by atoms with Gasteiger partial charge in [-0.05, 0) is 50.5 Å². The number of carbonyl (C=O) groups excluding carboxylic acids is 3. The zero-order valence-electron chi connectivity index (χ0n) is 15.7. The molecule has 1 unspecified atom stereocenters. The van der Waals surface area contributed by atoms with Gasteiger partial charge in [0, 0.05) is 31.7 Å². The first-order chi connectivity index (χ1) is 13.1. The smallest absolute Gasteiger partial charge is 0.310 e. The number of amides is 2. The summed E-state index contributed by atoms with van der Waals surface area (Å²) in [5, 5.41) is 0. The predicted molar refractivity (Wildman–Crippen MR) is 99.5 cm³/mol. The Kier molecular flexibility index (Phi) is 6.32. The van der Waals surface area contributed by atoms with Crippen LogP contribution in [-0.4, -0.2) is 55.5 Å². The lowest BCUT2D eigenvalue weighted by atomic mass is 9.98. The average Bonchev–Trinajstić information content (AvgIpc) is 3.12. The number of likely N-dealkylation sites (tertiary alicyclic amines) is 1. The lowest BCUT2D eigenvalue weighted by Gasteiger charge is -2.31. The molecule has 1 aromatic rings. The minimum Gasteiger partial charge on any atom is -0.484 e. The van der Waals surface area contributed by atoms with Crippen LogP contribution < -0.4 is 9.64 Å². The average molecular weight is 374 g/mol. The quantitative estimate of drug-likeness (QED) is 0.712. The molecule has 1 aromatic carbocycles. The van der Waals surface area contributed by atoms with Crippen molar-refractivity contribution in [3.05, 3.63) is 24.3 Å². The normalized spacial score (nSPS) is 19.9. The minimum absolute atomic E-state index is 0.0719. The second-order valence-corrected chi connectivity index (χ2v) is 6.86. The highest BCUT2D eigenvalue weighted by molar-refractivity contribution is 5.95. The van der Waals surface area contributed by atoms with E-state index in [4.69, 9.17) is 9.47 Å². The van der Waals surface area contributed by atoms with Crippen molar-refractivity contribution in [3.63, 3.8) is 0 Å². The molecule has 0 saturated carbocycles. The van der Waals surface area contributed by atoms with Crippen molar-refractivity contribution in [2.45, 2.75) is 32.6 Å². The number of anilines is 1. The summed E-state index contributed by atoms with van der Waals surface area (Å²) in [6.45, 7) is 3.82. The zero-order chi connectivity index (χ0) is 19.2. The van der Waals surface area contributed by atoms with E-state index >= 15 is 0 Å². The Hall–Kier alpha value is -2.57. The maximum absolute atomic E-state index is 12.4. The number of rotatable bonds is 6. The predicted octanol–water partition coefficient (Wildman–Crippen LogP) is 1.99. The van der Waals surface area contributed by atoms with Crippen LogP contribution in [0.1, 0.15) is 32.6 Å². The van der Waals surface area contributed by atoms with Crippen LogP contribution in [0.4, 0.5) is 5.69 Å². The van der Waals surface area contributed by atoms with Gasteiger partial charge in [0.05, 0.1) is 12.5 Å². The highest BCUT2D eigenvalue weighted by Crippen LogP contribution is 2.24. The van der Waals surface area contributed by atoms with Gasteiger partial charge < -0.3 is 19.3 Å². The Balaban J connectivity index is 1.50. The van der Waals surface area contributed by atoms with E-state index < -0.39 is 0 Å². The first kappa shape index (κ1) is 19.2. The second-order valence-electron chi connectivity index (χ2n) is 6.86. The van der Waals surface area contributed by atoms with Crippen molar-refractivity contribution in [2.24, 2.45) is 5.92 Å². The third-order valence-electron chi connectivity index (χ3n) is 4.98. The molecule has 2 aliphatic rings. The molecule has 0 bridgehead atoms. The molecule has 1 atom stereocenters. The van der Waals surface area contributed by atoms with Gasteiger partial charge in [-0.1, -0.05) is 0 Å². The van der Waals surface area contributed by atoms with Crippen molar-refractivity contribution >= 4 is 23.5 Å². The Bertz CT molecular complexity index is 688. The van der Waals surface area contributed by atoms with Crippen LogP contribution in [0.2, 0.25) is 0 Å². The summed E-state index contributed by atoms with van der Waals surface area (Å²) in [6.07, 6.45) is 3.01. The van der Waals surface area contributed by atoms with E-state index in [9.17, 15) is 14.4 Å². The fraction of sp³-hybridized carbons (Fsp3) is 0.550. The minimum atomic E-state index is -0.250. The lowest BCUT2D eigenvalue weighted by Crippen LogP contribution is -2.44. The van der Waals surface area contributed by atoms with Crippen molar-refractivity contribution in [1.29, 1.82) is 0 Å². The molecule has 2 saturated heterocycles. The molecule has 0 spiro atoms. The summed E-state index contributed by atoms with van der Waals surface area (Å²) in [6, 6.07) is 7.21. The maximum atomic E-state index is 12.4. The standard InChI is InChI=1S/C20H26N2O5/c1-2-26-20(25)15-5-3-11-21(13-15)19(24)14-27-17-9-7-16(8-10-17)22-12-4-6-18(22)23/h7-10,15H,2-6,11-14H2,1H3. The largest absolute Gasteiger partial charge is 0.484 e. The molecule has 0 aromatic heterocycles. The number of nitrogens with zero attached hydrogens (tertiary/aromatic N) is 2. The molecular formula is C20H26N2O5. The van der Waals surface area contributed by atoms with Crippen molar-refractivity contribution in [2.75, 3.05) is 37.7 Å². The molecule has 27 heavy (non-hydrogen) atoms. The van der Waals surface area contributed by atoms with E-state index in [1.54, 1.807) is 28.9 Å². The number of carbonyl (C=O) groups is 3. The molecule has 7 heteroatoms. The second kappa shape index (κ2) is 8.88. The Morgan fingerprint density at radius 1 is 1.15 bits per heavy atom. The van der Waals surface area contributed by atoms with Gasteiger partial charge in [-0.2, -0.15) is 0 Å². The van der Waals surface area contributed by atoms with Gasteiger partial charge in [0.25, 0.3) is 5.91 Å². The molecule has 0 N–H and O–H groups in total. The van der Waals surface area contributed by atoms with E-state index in [0.29, 0.717) is 31.9 Å². The molecule has 0 aliphatic carbocycles. The maximum Gasteiger partial charge on any atom is 0.310 e. The molecule has 3 rings (SSSR count). The van der Waals surface area contributed by atoms with Crippen LogP contribution in [0.15, 0.2) is 24.3 Å². The zero-order valence-corrected chi connectivity index (χ0v) is 15.7. The number of hydrogen-bond donors (Lipinski definition) is 0. The molecule has 2 amide bonds. The number of hydrogen-bond acceptors (Lipinski definition) is 5. The van der Waals surface area contributed by atoms with Crippen LogP contribution in [0.25, 0.3) is 0 Å². The summed E-state index contributed by atoms with van der Waals surface area (Å²) in [4.78, 5) is 39.5. The fourth-order valence-electron chi connectivity index (χ4n) is 3.54. The van der Waals surface area contributed by atoms with Crippen LogP contribution in [0.5, 0.6) is 5.75 Å². The molecular weight excluding hydrogens is 348 g/mol. The molecule has 7 nitrogen and oxygen atoms in total. The van der Waals surface area contributed by atoms with Crippen molar-refractivity contribution in [1.82, 2.24) is 4.90 Å².